The zero-order valence-corrected chi connectivity index (χ0v) is 17.1. The predicted octanol–water partition coefficient (Wildman–Crippen LogP) is 3.25. The van der Waals surface area contributed by atoms with Crippen LogP contribution in [0, 0.1) is 5.82 Å². The van der Waals surface area contributed by atoms with Crippen molar-refractivity contribution in [2.24, 2.45) is 0 Å². The topological polar surface area (TPSA) is 92.6 Å². The van der Waals surface area contributed by atoms with Crippen molar-refractivity contribution < 1.29 is 17.6 Å². The molecule has 0 atom stereocenters. The molecule has 0 saturated carbocycles. The fourth-order valence-electron chi connectivity index (χ4n) is 3.07. The van der Waals surface area contributed by atoms with E-state index in [-0.39, 0.29) is 16.1 Å². The van der Waals surface area contributed by atoms with Crippen molar-refractivity contribution in [2.75, 3.05) is 11.3 Å². The first-order valence-electron chi connectivity index (χ1n) is 9.51. The smallest absolute Gasteiger partial charge is 0.262 e. The minimum atomic E-state index is -4.05. The Bertz CT molecular complexity index is 1320. The number of benzene rings is 2. The number of carbonyl (C=O) groups excluding carboxylic acids is 1. The van der Waals surface area contributed by atoms with Gasteiger partial charge in [0, 0.05) is 30.9 Å². The lowest BCUT2D eigenvalue weighted by Crippen LogP contribution is -2.26. The zero-order chi connectivity index (χ0) is 21.8. The average Bonchev–Trinajstić information content (AvgIpc) is 3.18. The lowest BCUT2D eigenvalue weighted by molar-refractivity contribution is 0.0954. The third kappa shape index (κ3) is 4.72. The van der Waals surface area contributed by atoms with Crippen LogP contribution in [0.25, 0.3) is 5.65 Å². The number of amides is 1. The third-order valence-electron chi connectivity index (χ3n) is 4.61. The van der Waals surface area contributed by atoms with Gasteiger partial charge in [-0.25, -0.2) is 17.8 Å². The van der Waals surface area contributed by atoms with Gasteiger partial charge < -0.3 is 9.72 Å². The number of carbonyl (C=O) groups is 1. The maximum atomic E-state index is 13.8. The normalized spacial score (nSPS) is 11.4. The molecule has 0 aliphatic carbocycles. The summed E-state index contributed by atoms with van der Waals surface area (Å²) in [5.41, 5.74) is 1.68. The minimum Gasteiger partial charge on any atom is -0.352 e. The molecule has 0 fully saturated rings. The van der Waals surface area contributed by atoms with E-state index in [2.05, 4.69) is 15.0 Å². The number of anilines is 1. The Hall–Kier alpha value is -3.72. The van der Waals surface area contributed by atoms with Crippen LogP contribution in [0.1, 0.15) is 16.1 Å². The first-order chi connectivity index (χ1) is 14.9. The molecule has 4 rings (SSSR count). The standard InChI is InChI=1S/C22H19FN4O3S/c23-19-8-1-2-9-20(19)26-31(29,30)18-7-5-6-16(14-18)22(28)24-12-11-17-15-27-13-4-3-10-21(27)25-17/h1-10,13-15,26H,11-12H2,(H,24,28). The number of halogens is 1. The molecular weight excluding hydrogens is 419 g/mol. The van der Waals surface area contributed by atoms with Crippen molar-refractivity contribution in [1.82, 2.24) is 14.7 Å². The minimum absolute atomic E-state index is 0.135. The summed E-state index contributed by atoms with van der Waals surface area (Å²) in [5.74, 6) is -1.10. The maximum absolute atomic E-state index is 13.8. The van der Waals surface area contributed by atoms with Gasteiger partial charge in [-0.1, -0.05) is 24.3 Å². The summed E-state index contributed by atoms with van der Waals surface area (Å²) < 4.78 is 43.1. The van der Waals surface area contributed by atoms with Crippen molar-refractivity contribution in [2.45, 2.75) is 11.3 Å². The Labute approximate surface area is 178 Å². The molecule has 0 saturated heterocycles. The average molecular weight is 438 g/mol. The number of nitrogens with one attached hydrogen (secondary N) is 2. The Morgan fingerprint density at radius 2 is 1.84 bits per heavy atom. The monoisotopic (exact) mass is 438 g/mol. The fraction of sp³-hybridized carbons (Fsp3) is 0.0909. The molecule has 158 valence electrons. The molecule has 2 heterocycles. The summed E-state index contributed by atoms with van der Waals surface area (Å²) in [6.07, 6.45) is 4.31. The highest BCUT2D eigenvalue weighted by Crippen LogP contribution is 2.19. The molecule has 2 aromatic carbocycles. The van der Waals surface area contributed by atoms with Gasteiger partial charge in [0.15, 0.2) is 0 Å². The van der Waals surface area contributed by atoms with Gasteiger partial charge in [0.2, 0.25) is 0 Å². The lowest BCUT2D eigenvalue weighted by atomic mass is 10.2. The molecule has 0 aliphatic heterocycles. The number of sulfonamides is 1. The second kappa shape index (κ2) is 8.57. The molecule has 0 unspecified atom stereocenters. The van der Waals surface area contributed by atoms with E-state index in [1.807, 2.05) is 35.0 Å². The van der Waals surface area contributed by atoms with Gasteiger partial charge in [-0.3, -0.25) is 9.52 Å². The Balaban J connectivity index is 1.42. The lowest BCUT2D eigenvalue weighted by Gasteiger charge is -2.10. The number of para-hydroxylation sites is 1. The largest absolute Gasteiger partial charge is 0.352 e. The number of nitrogens with zero attached hydrogens (tertiary/aromatic N) is 2. The molecule has 2 N–H and O–H groups in total. The number of imidazole rings is 1. The van der Waals surface area contributed by atoms with Crippen LogP contribution >= 0.6 is 0 Å². The van der Waals surface area contributed by atoms with Crippen LogP contribution in [-0.2, 0) is 16.4 Å². The third-order valence-corrected chi connectivity index (χ3v) is 5.97. The maximum Gasteiger partial charge on any atom is 0.262 e. The van der Waals surface area contributed by atoms with Gasteiger partial charge in [0.05, 0.1) is 16.3 Å². The molecule has 0 radical (unpaired) electrons. The van der Waals surface area contributed by atoms with Gasteiger partial charge >= 0.3 is 0 Å². The van der Waals surface area contributed by atoms with Gasteiger partial charge in [-0.05, 0) is 42.5 Å². The van der Waals surface area contributed by atoms with Gasteiger partial charge in [-0.2, -0.15) is 0 Å². The van der Waals surface area contributed by atoms with Crippen molar-refractivity contribution in [3.05, 3.63) is 96.2 Å². The number of pyridine rings is 1. The highest BCUT2D eigenvalue weighted by atomic mass is 32.2. The van der Waals surface area contributed by atoms with Crippen LogP contribution in [-0.4, -0.2) is 30.3 Å². The highest BCUT2D eigenvalue weighted by Gasteiger charge is 2.18. The van der Waals surface area contributed by atoms with Crippen LogP contribution in [0.5, 0.6) is 0 Å². The van der Waals surface area contributed by atoms with Crippen LogP contribution in [0.4, 0.5) is 10.1 Å². The molecule has 2 aromatic heterocycles. The van der Waals surface area contributed by atoms with Crippen molar-refractivity contribution >= 4 is 27.3 Å². The molecule has 0 spiro atoms. The number of fused-ring (bicyclic) bond motifs is 1. The molecule has 0 bridgehead atoms. The van der Waals surface area contributed by atoms with E-state index < -0.39 is 21.7 Å². The van der Waals surface area contributed by atoms with E-state index in [0.29, 0.717) is 13.0 Å². The fourth-order valence-corrected chi connectivity index (χ4v) is 4.18. The summed E-state index contributed by atoms with van der Waals surface area (Å²) in [4.78, 5) is 16.8. The zero-order valence-electron chi connectivity index (χ0n) is 16.3. The van der Waals surface area contributed by atoms with Crippen LogP contribution in [0.2, 0.25) is 0 Å². The number of rotatable bonds is 7. The second-order valence-electron chi connectivity index (χ2n) is 6.82. The van der Waals surface area contributed by atoms with E-state index in [1.165, 1.54) is 42.5 Å². The number of aromatic nitrogens is 2. The van der Waals surface area contributed by atoms with E-state index in [9.17, 15) is 17.6 Å². The first-order valence-corrected chi connectivity index (χ1v) is 11.0. The van der Waals surface area contributed by atoms with Crippen molar-refractivity contribution in [3.8, 4) is 0 Å². The van der Waals surface area contributed by atoms with E-state index in [4.69, 9.17) is 0 Å². The highest BCUT2D eigenvalue weighted by molar-refractivity contribution is 7.92. The van der Waals surface area contributed by atoms with Gasteiger partial charge in [0.1, 0.15) is 11.5 Å². The molecule has 4 aromatic rings. The number of hydrogen-bond donors (Lipinski definition) is 2. The second-order valence-corrected chi connectivity index (χ2v) is 8.50. The van der Waals surface area contributed by atoms with Crippen LogP contribution < -0.4 is 10.0 Å². The van der Waals surface area contributed by atoms with Crippen molar-refractivity contribution in [3.63, 3.8) is 0 Å². The Kier molecular flexibility index (Phi) is 5.68. The molecule has 7 nitrogen and oxygen atoms in total. The summed E-state index contributed by atoms with van der Waals surface area (Å²) in [6.45, 7) is 0.340. The quantitative estimate of drug-likeness (QED) is 0.463. The molecule has 1 amide bonds. The molecule has 9 heteroatoms. The SMILES string of the molecule is O=C(NCCc1cn2ccccc2n1)c1cccc(S(=O)(=O)Nc2ccccc2F)c1. The summed E-state index contributed by atoms with van der Waals surface area (Å²) >= 11 is 0. The first kappa shape index (κ1) is 20.5. The Morgan fingerprint density at radius 1 is 1.03 bits per heavy atom. The molecule has 0 aliphatic rings. The van der Waals surface area contributed by atoms with E-state index >= 15 is 0 Å². The van der Waals surface area contributed by atoms with Crippen LogP contribution in [0.3, 0.4) is 0 Å². The Morgan fingerprint density at radius 3 is 2.65 bits per heavy atom. The summed E-state index contributed by atoms with van der Waals surface area (Å²) in [5, 5.41) is 2.77. The molecular formula is C22H19FN4O3S. The van der Waals surface area contributed by atoms with Gasteiger partial charge in [-0.15, -0.1) is 0 Å². The summed E-state index contributed by atoms with van der Waals surface area (Å²) in [7, 11) is -4.05. The van der Waals surface area contributed by atoms with E-state index in [0.717, 1.165) is 17.4 Å². The number of hydrogen-bond acceptors (Lipinski definition) is 4. The van der Waals surface area contributed by atoms with Crippen LogP contribution in [0.15, 0.2) is 84.0 Å². The predicted molar refractivity (Wildman–Crippen MR) is 115 cm³/mol. The molecule has 31 heavy (non-hydrogen) atoms. The van der Waals surface area contributed by atoms with E-state index in [1.54, 1.807) is 0 Å². The summed E-state index contributed by atoms with van der Waals surface area (Å²) in [6, 6.07) is 16.7. The van der Waals surface area contributed by atoms with Gasteiger partial charge in [0.25, 0.3) is 15.9 Å². The van der Waals surface area contributed by atoms with Crippen molar-refractivity contribution in [1.29, 1.82) is 0 Å².